The van der Waals surface area contributed by atoms with Gasteiger partial charge in [0, 0.05) is 62.2 Å². The van der Waals surface area contributed by atoms with Gasteiger partial charge >= 0.3 is 0 Å². The highest BCUT2D eigenvalue weighted by molar-refractivity contribution is 5.83. The number of carbonyl (C=O) groups excluding carboxylic acids is 2. The molecule has 2 atom stereocenters. The van der Waals surface area contributed by atoms with Gasteiger partial charge in [0.2, 0.25) is 0 Å². The molecule has 0 spiro atoms. The number of carbonyl (C=O) groups is 2. The van der Waals surface area contributed by atoms with Gasteiger partial charge in [-0.05, 0) is 78.9 Å². The molecular formula is C40H46N6O4. The zero-order valence-electron chi connectivity index (χ0n) is 28.7. The molecule has 2 aliphatic heterocycles. The molecule has 0 amide bonds. The Morgan fingerprint density at radius 1 is 0.580 bits per heavy atom. The third kappa shape index (κ3) is 8.97. The number of ketones is 2. The minimum Gasteiger partial charge on any atom is -0.378 e. The van der Waals surface area contributed by atoms with Crippen LogP contribution in [0.1, 0.15) is 71.4 Å². The van der Waals surface area contributed by atoms with Crippen LogP contribution in [0.3, 0.4) is 0 Å². The van der Waals surface area contributed by atoms with Gasteiger partial charge in [0.15, 0.2) is 0 Å². The summed E-state index contributed by atoms with van der Waals surface area (Å²) in [6, 6.07) is 24.5. The topological polar surface area (TPSA) is 111 Å². The number of morpholine rings is 2. The number of aromatic nitrogens is 4. The number of ether oxygens (including phenoxy) is 2. The van der Waals surface area contributed by atoms with E-state index in [4.69, 9.17) is 9.47 Å². The molecule has 7 rings (SSSR count). The number of rotatable bonds is 12. The SMILES string of the molecule is O=C(Cc1cccc(N2CCOCC2)c1)Cc1ccc([C@H]2CCC[C@H](c3ccc(CC(=O)Cc4cccc(N5CCOCC5)c4)nn3)C2)nn1. The Hall–Kier alpha value is -4.54. The van der Waals surface area contributed by atoms with Crippen molar-refractivity contribution in [2.24, 2.45) is 0 Å². The summed E-state index contributed by atoms with van der Waals surface area (Å²) in [6.07, 6.45) is 5.41. The molecule has 260 valence electrons. The lowest BCUT2D eigenvalue weighted by molar-refractivity contribution is -0.118. The summed E-state index contributed by atoms with van der Waals surface area (Å²) >= 11 is 0. The molecule has 4 heterocycles. The van der Waals surface area contributed by atoms with Gasteiger partial charge in [-0.1, -0.05) is 30.7 Å². The predicted molar refractivity (Wildman–Crippen MR) is 192 cm³/mol. The summed E-state index contributed by atoms with van der Waals surface area (Å²) in [4.78, 5) is 30.5. The van der Waals surface area contributed by atoms with E-state index in [1.807, 2.05) is 48.5 Å². The fraction of sp³-hybridized carbons (Fsp3) is 0.450. The highest BCUT2D eigenvalue weighted by Gasteiger charge is 2.27. The van der Waals surface area contributed by atoms with Crippen molar-refractivity contribution in [3.8, 4) is 0 Å². The Balaban J connectivity index is 0.891. The number of nitrogens with zero attached hydrogens (tertiary/aromatic N) is 6. The zero-order valence-corrected chi connectivity index (χ0v) is 28.7. The van der Waals surface area contributed by atoms with Crippen molar-refractivity contribution >= 4 is 22.9 Å². The van der Waals surface area contributed by atoms with Crippen LogP contribution in [0.2, 0.25) is 0 Å². The molecule has 3 aliphatic rings. The Kier molecular flexibility index (Phi) is 11.2. The number of hydrogen-bond acceptors (Lipinski definition) is 10. The Bertz CT molecular complexity index is 1610. The van der Waals surface area contributed by atoms with Gasteiger partial charge < -0.3 is 19.3 Å². The standard InChI is InChI=1S/C40H46N6O4/c47-37(24-29-4-1-8-35(22-29)45-14-18-49-19-15-45)27-33-10-12-39(43-41-33)31-6-3-7-32(26-31)40-13-11-34(42-44-40)28-38(48)25-30-5-2-9-36(23-30)46-16-20-50-21-17-46/h1-2,4-5,8-13,22-23,31-32H,3,6-7,14-21,24-28H2/t31-,32-/m0/s1. The quantitative estimate of drug-likeness (QED) is 0.202. The fourth-order valence-electron chi connectivity index (χ4n) is 7.45. The van der Waals surface area contributed by atoms with Crippen LogP contribution in [0.25, 0.3) is 0 Å². The highest BCUT2D eigenvalue weighted by Crippen LogP contribution is 2.39. The minimum absolute atomic E-state index is 0.130. The molecule has 2 aromatic carbocycles. The van der Waals surface area contributed by atoms with E-state index in [1.54, 1.807) is 0 Å². The van der Waals surface area contributed by atoms with Crippen LogP contribution in [0.5, 0.6) is 0 Å². The Morgan fingerprint density at radius 2 is 1.04 bits per heavy atom. The average molecular weight is 675 g/mol. The van der Waals surface area contributed by atoms with Crippen molar-refractivity contribution in [2.45, 2.75) is 63.2 Å². The lowest BCUT2D eigenvalue weighted by Gasteiger charge is -2.29. The molecule has 0 N–H and O–H groups in total. The molecule has 0 unspecified atom stereocenters. The number of benzene rings is 2. The maximum Gasteiger partial charge on any atom is 0.143 e. The molecule has 50 heavy (non-hydrogen) atoms. The second kappa shape index (κ2) is 16.4. The maximum absolute atomic E-state index is 12.9. The van der Waals surface area contributed by atoms with Crippen molar-refractivity contribution in [1.29, 1.82) is 0 Å². The first-order valence-corrected chi connectivity index (χ1v) is 18.1. The maximum atomic E-state index is 12.9. The predicted octanol–water partition coefficient (Wildman–Crippen LogP) is 5.09. The molecule has 4 aromatic rings. The van der Waals surface area contributed by atoms with Crippen molar-refractivity contribution < 1.29 is 19.1 Å². The molecule has 0 bridgehead atoms. The smallest absolute Gasteiger partial charge is 0.143 e. The van der Waals surface area contributed by atoms with E-state index in [1.165, 1.54) is 0 Å². The van der Waals surface area contributed by atoms with Crippen molar-refractivity contribution in [2.75, 3.05) is 62.4 Å². The lowest BCUT2D eigenvalue weighted by atomic mass is 9.78. The molecule has 10 heteroatoms. The second-order valence-corrected chi connectivity index (χ2v) is 13.8. The summed E-state index contributed by atoms with van der Waals surface area (Å²) in [5.41, 5.74) is 7.67. The van der Waals surface area contributed by atoms with Gasteiger partial charge in [-0.15, -0.1) is 0 Å². The van der Waals surface area contributed by atoms with Crippen LogP contribution in [-0.4, -0.2) is 84.6 Å². The zero-order chi connectivity index (χ0) is 34.1. The van der Waals surface area contributed by atoms with Crippen molar-refractivity contribution in [1.82, 2.24) is 20.4 Å². The van der Waals surface area contributed by atoms with Crippen LogP contribution >= 0.6 is 0 Å². The molecule has 2 saturated heterocycles. The normalized spacial score (nSPS) is 19.7. The first kappa shape index (κ1) is 33.9. The molecule has 0 radical (unpaired) electrons. The number of Topliss-reactive ketones (excluding diaryl/α,β-unsaturated/α-hetero) is 2. The summed E-state index contributed by atoms with van der Waals surface area (Å²) in [6.45, 7) is 6.42. The van der Waals surface area contributed by atoms with Crippen LogP contribution in [0.15, 0.2) is 72.8 Å². The lowest BCUT2D eigenvalue weighted by Crippen LogP contribution is -2.36. The second-order valence-electron chi connectivity index (χ2n) is 13.8. The third-order valence-electron chi connectivity index (χ3n) is 10.1. The molecule has 10 nitrogen and oxygen atoms in total. The summed E-state index contributed by atoms with van der Waals surface area (Å²) in [7, 11) is 0. The molecule has 3 fully saturated rings. The van der Waals surface area contributed by atoms with E-state index in [-0.39, 0.29) is 36.2 Å². The molecule has 1 saturated carbocycles. The minimum atomic E-state index is 0.130. The van der Waals surface area contributed by atoms with Crippen LogP contribution in [0, 0.1) is 0 Å². The number of hydrogen-bond donors (Lipinski definition) is 0. The van der Waals surface area contributed by atoms with Gasteiger partial charge in [-0.2, -0.15) is 20.4 Å². The van der Waals surface area contributed by atoms with E-state index < -0.39 is 0 Å². The average Bonchev–Trinajstić information content (AvgIpc) is 3.16. The Morgan fingerprint density at radius 3 is 1.46 bits per heavy atom. The van der Waals surface area contributed by atoms with Gasteiger partial charge in [-0.3, -0.25) is 9.59 Å². The van der Waals surface area contributed by atoms with E-state index in [0.717, 1.165) is 112 Å². The van der Waals surface area contributed by atoms with E-state index >= 15 is 0 Å². The van der Waals surface area contributed by atoms with Crippen molar-refractivity contribution in [3.05, 3.63) is 107 Å². The fourth-order valence-corrected chi connectivity index (χ4v) is 7.45. The van der Waals surface area contributed by atoms with E-state index in [9.17, 15) is 9.59 Å². The van der Waals surface area contributed by atoms with E-state index in [2.05, 4.69) is 54.5 Å². The van der Waals surface area contributed by atoms with E-state index in [0.29, 0.717) is 24.2 Å². The van der Waals surface area contributed by atoms with Crippen LogP contribution in [-0.2, 0) is 44.7 Å². The van der Waals surface area contributed by atoms with Crippen molar-refractivity contribution in [3.63, 3.8) is 0 Å². The molecule has 1 aliphatic carbocycles. The highest BCUT2D eigenvalue weighted by atomic mass is 16.5. The molecular weight excluding hydrogens is 628 g/mol. The van der Waals surface area contributed by atoms with Gasteiger partial charge in [0.1, 0.15) is 11.6 Å². The Labute approximate surface area is 294 Å². The monoisotopic (exact) mass is 674 g/mol. The summed E-state index contributed by atoms with van der Waals surface area (Å²) in [5.74, 6) is 0.826. The van der Waals surface area contributed by atoms with Gasteiger partial charge in [0.05, 0.1) is 62.0 Å². The van der Waals surface area contributed by atoms with Crippen LogP contribution in [0.4, 0.5) is 11.4 Å². The number of anilines is 2. The first-order chi connectivity index (χ1) is 24.6. The third-order valence-corrected chi connectivity index (χ3v) is 10.1. The summed E-state index contributed by atoms with van der Waals surface area (Å²) in [5, 5.41) is 18.1. The van der Waals surface area contributed by atoms with Gasteiger partial charge in [-0.25, -0.2) is 0 Å². The van der Waals surface area contributed by atoms with Gasteiger partial charge in [0.25, 0.3) is 0 Å². The largest absolute Gasteiger partial charge is 0.378 e. The summed E-state index contributed by atoms with van der Waals surface area (Å²) < 4.78 is 10.9. The first-order valence-electron chi connectivity index (χ1n) is 18.1. The molecule has 2 aromatic heterocycles. The van der Waals surface area contributed by atoms with Crippen LogP contribution < -0.4 is 9.80 Å².